The van der Waals surface area contributed by atoms with Gasteiger partial charge in [-0.15, -0.1) is 0 Å². The number of anilines is 1. The van der Waals surface area contributed by atoms with Crippen LogP contribution in [-0.4, -0.2) is 14.3 Å². The molecule has 0 saturated carbocycles. The van der Waals surface area contributed by atoms with Gasteiger partial charge in [0.1, 0.15) is 0 Å². The Morgan fingerprint density at radius 1 is 0.935 bits per heavy atom. The first-order valence-corrected chi connectivity index (χ1v) is 11.8. The third-order valence-corrected chi connectivity index (χ3v) is 6.69. The minimum atomic E-state index is -3.78. The van der Waals surface area contributed by atoms with Crippen molar-refractivity contribution in [3.8, 4) is 0 Å². The Balaban J connectivity index is 1.75. The molecule has 1 atom stereocenters. The van der Waals surface area contributed by atoms with Crippen molar-refractivity contribution in [2.24, 2.45) is 0 Å². The first-order valence-electron chi connectivity index (χ1n) is 9.96. The Kier molecular flexibility index (Phi) is 7.03. The maximum absolute atomic E-state index is 12.7. The molecule has 0 aliphatic heterocycles. The van der Waals surface area contributed by atoms with E-state index in [9.17, 15) is 13.2 Å². The first-order chi connectivity index (χ1) is 14.7. The number of nitrogens with one attached hydrogen (secondary N) is 2. The van der Waals surface area contributed by atoms with Crippen molar-refractivity contribution in [3.05, 3.63) is 94.0 Å². The fourth-order valence-corrected chi connectivity index (χ4v) is 4.49. The van der Waals surface area contributed by atoms with E-state index in [1.54, 1.807) is 18.2 Å². The fraction of sp³-hybridized carbons (Fsp3) is 0.208. The summed E-state index contributed by atoms with van der Waals surface area (Å²) in [5.74, 6) is -0.276. The molecule has 5 nitrogen and oxygen atoms in total. The molecule has 1 amide bonds. The zero-order valence-corrected chi connectivity index (χ0v) is 19.2. The molecule has 3 rings (SSSR count). The summed E-state index contributed by atoms with van der Waals surface area (Å²) >= 11 is 6.29. The summed E-state index contributed by atoms with van der Waals surface area (Å²) in [7, 11) is -3.78. The summed E-state index contributed by atoms with van der Waals surface area (Å²) in [4.78, 5) is 12.9. The van der Waals surface area contributed by atoms with E-state index in [-0.39, 0.29) is 27.6 Å². The van der Waals surface area contributed by atoms with Gasteiger partial charge >= 0.3 is 0 Å². The van der Waals surface area contributed by atoms with Gasteiger partial charge in [0, 0.05) is 5.56 Å². The Morgan fingerprint density at radius 2 is 1.52 bits per heavy atom. The van der Waals surface area contributed by atoms with E-state index in [0.717, 1.165) is 23.1 Å². The molecule has 0 radical (unpaired) electrons. The topological polar surface area (TPSA) is 75.3 Å². The van der Waals surface area contributed by atoms with Crippen LogP contribution in [0.5, 0.6) is 0 Å². The van der Waals surface area contributed by atoms with Gasteiger partial charge in [-0.25, -0.2) is 8.42 Å². The molecule has 0 heterocycles. The van der Waals surface area contributed by atoms with Crippen LogP contribution in [0.1, 0.15) is 46.4 Å². The predicted octanol–water partition coefficient (Wildman–Crippen LogP) is 5.64. The summed E-state index contributed by atoms with van der Waals surface area (Å²) in [6.45, 7) is 5.90. The van der Waals surface area contributed by atoms with Gasteiger partial charge in [-0.2, -0.15) is 0 Å². The third kappa shape index (κ3) is 5.66. The van der Waals surface area contributed by atoms with Gasteiger partial charge in [0.15, 0.2) is 0 Å². The number of amides is 1. The molecule has 162 valence electrons. The predicted molar refractivity (Wildman–Crippen MR) is 125 cm³/mol. The lowest BCUT2D eigenvalue weighted by Crippen LogP contribution is -2.28. The van der Waals surface area contributed by atoms with E-state index >= 15 is 0 Å². The van der Waals surface area contributed by atoms with Crippen molar-refractivity contribution in [2.45, 2.75) is 38.1 Å². The lowest BCUT2D eigenvalue weighted by atomic mass is 10.0. The van der Waals surface area contributed by atoms with Crippen molar-refractivity contribution < 1.29 is 13.2 Å². The summed E-state index contributed by atoms with van der Waals surface area (Å²) < 4.78 is 27.7. The maximum Gasteiger partial charge on any atom is 0.261 e. The van der Waals surface area contributed by atoms with Crippen LogP contribution in [0.25, 0.3) is 0 Å². The van der Waals surface area contributed by atoms with Crippen LogP contribution in [0.15, 0.2) is 71.6 Å². The molecule has 0 fully saturated rings. The smallest absolute Gasteiger partial charge is 0.261 e. The van der Waals surface area contributed by atoms with E-state index in [4.69, 9.17) is 11.6 Å². The van der Waals surface area contributed by atoms with Crippen LogP contribution in [0, 0.1) is 13.8 Å². The minimum Gasteiger partial charge on any atom is -0.345 e. The summed E-state index contributed by atoms with van der Waals surface area (Å²) in [5.41, 5.74) is 3.71. The number of benzene rings is 3. The standard InChI is InChI=1S/C24H25ClN2O3S/c1-4-22(18-9-5-16(2)6-10-18)26-24(28)19-11-14-23(21(25)15-19)27-31(29,30)20-12-7-17(3)8-13-20/h5-15,22,27H,4H2,1-3H3,(H,26,28). The molecule has 0 aromatic heterocycles. The Labute approximate surface area is 188 Å². The summed E-state index contributed by atoms with van der Waals surface area (Å²) in [6.07, 6.45) is 0.733. The number of sulfonamides is 1. The highest BCUT2D eigenvalue weighted by molar-refractivity contribution is 7.92. The minimum absolute atomic E-state index is 0.133. The molecule has 7 heteroatoms. The van der Waals surface area contributed by atoms with Gasteiger partial charge in [0.05, 0.1) is 21.6 Å². The number of halogens is 1. The van der Waals surface area contributed by atoms with E-state index in [0.29, 0.717) is 5.56 Å². The van der Waals surface area contributed by atoms with Gasteiger partial charge < -0.3 is 5.32 Å². The molecule has 31 heavy (non-hydrogen) atoms. The van der Waals surface area contributed by atoms with Gasteiger partial charge in [-0.3, -0.25) is 9.52 Å². The normalized spacial score (nSPS) is 12.3. The third-order valence-electron chi connectivity index (χ3n) is 5.00. The second-order valence-electron chi connectivity index (χ2n) is 7.46. The molecule has 3 aromatic rings. The van der Waals surface area contributed by atoms with Crippen LogP contribution >= 0.6 is 11.6 Å². The van der Waals surface area contributed by atoms with Crippen molar-refractivity contribution in [1.29, 1.82) is 0 Å². The number of aryl methyl sites for hydroxylation is 2. The van der Waals surface area contributed by atoms with Gasteiger partial charge in [0.25, 0.3) is 15.9 Å². The van der Waals surface area contributed by atoms with Crippen molar-refractivity contribution >= 4 is 33.2 Å². The fourth-order valence-electron chi connectivity index (χ4n) is 3.12. The van der Waals surface area contributed by atoms with Crippen LogP contribution in [-0.2, 0) is 10.0 Å². The average Bonchev–Trinajstić information content (AvgIpc) is 2.74. The molecule has 0 spiro atoms. The van der Waals surface area contributed by atoms with Gasteiger partial charge in [0.2, 0.25) is 0 Å². The highest BCUT2D eigenvalue weighted by atomic mass is 35.5. The highest BCUT2D eigenvalue weighted by Crippen LogP contribution is 2.27. The second-order valence-corrected chi connectivity index (χ2v) is 9.55. The van der Waals surface area contributed by atoms with Crippen LogP contribution in [0.3, 0.4) is 0 Å². The van der Waals surface area contributed by atoms with Gasteiger partial charge in [-0.05, 0) is 56.2 Å². The molecule has 3 aromatic carbocycles. The highest BCUT2D eigenvalue weighted by Gasteiger charge is 2.18. The molecule has 0 bridgehead atoms. The van der Waals surface area contributed by atoms with E-state index in [2.05, 4.69) is 10.0 Å². The molecule has 0 saturated heterocycles. The number of carbonyl (C=O) groups is 1. The molecule has 2 N–H and O–H groups in total. The van der Waals surface area contributed by atoms with Crippen molar-refractivity contribution in [3.63, 3.8) is 0 Å². The van der Waals surface area contributed by atoms with Crippen molar-refractivity contribution in [2.75, 3.05) is 4.72 Å². The zero-order chi connectivity index (χ0) is 22.6. The summed E-state index contributed by atoms with van der Waals surface area (Å²) in [6, 6.07) is 18.9. The number of hydrogen-bond acceptors (Lipinski definition) is 3. The monoisotopic (exact) mass is 456 g/mol. The molecule has 1 unspecified atom stereocenters. The van der Waals surface area contributed by atoms with Gasteiger partial charge in [-0.1, -0.05) is 66.0 Å². The van der Waals surface area contributed by atoms with Crippen LogP contribution in [0.2, 0.25) is 5.02 Å². The maximum atomic E-state index is 12.7. The zero-order valence-electron chi connectivity index (χ0n) is 17.6. The Morgan fingerprint density at radius 3 is 2.06 bits per heavy atom. The lowest BCUT2D eigenvalue weighted by molar-refractivity contribution is 0.0935. The summed E-state index contributed by atoms with van der Waals surface area (Å²) in [5, 5.41) is 3.15. The molecule has 0 aliphatic carbocycles. The number of carbonyl (C=O) groups excluding carboxylic acids is 1. The van der Waals surface area contributed by atoms with Crippen molar-refractivity contribution in [1.82, 2.24) is 5.32 Å². The van der Waals surface area contributed by atoms with E-state index in [1.165, 1.54) is 24.3 Å². The number of rotatable bonds is 7. The largest absolute Gasteiger partial charge is 0.345 e. The molecular formula is C24H25ClN2O3S. The Bertz CT molecular complexity index is 1170. The van der Waals surface area contributed by atoms with E-state index in [1.807, 2.05) is 45.0 Å². The number of hydrogen-bond donors (Lipinski definition) is 2. The average molecular weight is 457 g/mol. The van der Waals surface area contributed by atoms with Crippen LogP contribution < -0.4 is 10.0 Å². The van der Waals surface area contributed by atoms with Crippen LogP contribution in [0.4, 0.5) is 5.69 Å². The molecule has 0 aliphatic rings. The molecular weight excluding hydrogens is 432 g/mol. The lowest BCUT2D eigenvalue weighted by Gasteiger charge is -2.18. The second kappa shape index (κ2) is 9.54. The SMILES string of the molecule is CCC(NC(=O)c1ccc(NS(=O)(=O)c2ccc(C)cc2)c(Cl)c1)c1ccc(C)cc1. The quantitative estimate of drug-likeness (QED) is 0.483. The first kappa shape index (κ1) is 22.8. The Hall–Kier alpha value is -2.83. The van der Waals surface area contributed by atoms with E-state index < -0.39 is 10.0 Å².